The lowest BCUT2D eigenvalue weighted by molar-refractivity contribution is 0.172. The predicted molar refractivity (Wildman–Crippen MR) is 130 cm³/mol. The van der Waals surface area contributed by atoms with E-state index in [9.17, 15) is 9.59 Å². The third kappa shape index (κ3) is 4.50. The molecule has 34 heavy (non-hydrogen) atoms. The number of anilines is 2. The van der Waals surface area contributed by atoms with Gasteiger partial charge in [-0.1, -0.05) is 32.4 Å². The number of aromatic nitrogens is 4. The number of benzene rings is 1. The number of aromatic amines is 1. The van der Waals surface area contributed by atoms with E-state index >= 15 is 0 Å². The van der Waals surface area contributed by atoms with E-state index < -0.39 is 12.1 Å². The van der Waals surface area contributed by atoms with Crippen molar-refractivity contribution < 1.29 is 14.3 Å². The largest absolute Gasteiger partial charge is 0.495 e. The second-order valence-corrected chi connectivity index (χ2v) is 9.74. The molecule has 2 N–H and O–H groups in total. The van der Waals surface area contributed by atoms with Gasteiger partial charge in [0.15, 0.2) is 0 Å². The molecule has 2 atom stereocenters. The van der Waals surface area contributed by atoms with Crippen LogP contribution < -0.4 is 20.5 Å². The van der Waals surface area contributed by atoms with Gasteiger partial charge in [-0.3, -0.25) is 4.79 Å². The van der Waals surface area contributed by atoms with E-state index in [0.717, 1.165) is 5.39 Å². The van der Waals surface area contributed by atoms with Crippen LogP contribution in [-0.4, -0.2) is 45.8 Å². The summed E-state index contributed by atoms with van der Waals surface area (Å²) in [5.41, 5.74) is 0.581. The Morgan fingerprint density at radius 1 is 1.24 bits per heavy atom. The first-order chi connectivity index (χ1) is 16.0. The minimum atomic E-state index is -0.497. The van der Waals surface area contributed by atoms with Gasteiger partial charge in [-0.05, 0) is 31.4 Å². The van der Waals surface area contributed by atoms with Gasteiger partial charge in [0, 0.05) is 17.0 Å². The van der Waals surface area contributed by atoms with Crippen molar-refractivity contribution in [1.82, 2.24) is 19.9 Å². The number of aryl methyl sites for hydroxylation is 1. The molecule has 4 rings (SSSR count). The van der Waals surface area contributed by atoms with E-state index in [1.807, 2.05) is 27.7 Å². The van der Waals surface area contributed by atoms with E-state index in [-0.39, 0.29) is 35.5 Å². The van der Waals surface area contributed by atoms with Crippen LogP contribution in [0.5, 0.6) is 5.75 Å². The number of carbonyl (C=O) groups excluding carboxylic acids is 1. The minimum Gasteiger partial charge on any atom is -0.495 e. The van der Waals surface area contributed by atoms with Gasteiger partial charge in [-0.2, -0.15) is 15.0 Å². The third-order valence-corrected chi connectivity index (χ3v) is 6.08. The van der Waals surface area contributed by atoms with Crippen LogP contribution in [0.2, 0.25) is 5.02 Å². The highest BCUT2D eigenvalue weighted by molar-refractivity contribution is 6.32. The van der Waals surface area contributed by atoms with Crippen molar-refractivity contribution in [2.24, 2.45) is 5.41 Å². The molecule has 1 amide bonds. The van der Waals surface area contributed by atoms with Crippen LogP contribution in [0.4, 0.5) is 16.7 Å². The Morgan fingerprint density at radius 2 is 1.97 bits per heavy atom. The maximum absolute atomic E-state index is 12.8. The number of methoxy groups -OCH3 is 1. The van der Waals surface area contributed by atoms with Gasteiger partial charge in [0.25, 0.3) is 5.56 Å². The molecule has 3 aromatic rings. The lowest BCUT2D eigenvalue weighted by Crippen LogP contribution is -2.43. The first-order valence-electron chi connectivity index (χ1n) is 10.8. The lowest BCUT2D eigenvalue weighted by Gasteiger charge is -2.30. The van der Waals surface area contributed by atoms with Crippen molar-refractivity contribution in [3.63, 3.8) is 0 Å². The summed E-state index contributed by atoms with van der Waals surface area (Å²) in [6, 6.07) is 4.51. The topological polar surface area (TPSA) is 122 Å². The molecule has 0 saturated carbocycles. The Balaban J connectivity index is 1.66. The van der Waals surface area contributed by atoms with Crippen molar-refractivity contribution in [1.29, 1.82) is 0 Å². The SMILES string of the molecule is COc1cc2[nH]c(=O)c([C@H](C)Nc3nc(C)nc(N4C(=O)OCC4C(C)(C)C)n3)cc2cc1Cl. The van der Waals surface area contributed by atoms with E-state index in [1.165, 1.54) is 12.0 Å². The van der Waals surface area contributed by atoms with Gasteiger partial charge < -0.3 is 19.8 Å². The summed E-state index contributed by atoms with van der Waals surface area (Å²) in [6.07, 6.45) is -0.497. The Hall–Kier alpha value is -3.40. The molecule has 10 nitrogen and oxygen atoms in total. The van der Waals surface area contributed by atoms with Crippen molar-refractivity contribution in [3.8, 4) is 5.75 Å². The molecule has 180 valence electrons. The standard InChI is InChI=1S/C23H27ClN6O4/c1-11(14-7-13-8-15(24)17(33-6)9-16(13)28-19(14)31)25-20-26-12(2)27-21(29-20)30-18(23(3,4)5)10-34-22(30)32/h7-9,11,18H,10H2,1-6H3,(H,28,31)(H,25,26,27,29)/t11-,18?/m0/s1. The lowest BCUT2D eigenvalue weighted by atomic mass is 9.87. The number of fused-ring (bicyclic) bond motifs is 1. The molecule has 1 unspecified atom stereocenters. The second-order valence-electron chi connectivity index (χ2n) is 9.33. The number of hydrogen-bond acceptors (Lipinski definition) is 8. The van der Waals surface area contributed by atoms with Crippen LogP contribution in [0.3, 0.4) is 0 Å². The number of nitrogens with zero attached hydrogens (tertiary/aromatic N) is 4. The molecule has 1 fully saturated rings. The first kappa shape index (κ1) is 23.7. The van der Waals surface area contributed by atoms with Crippen LogP contribution in [0.25, 0.3) is 10.9 Å². The summed E-state index contributed by atoms with van der Waals surface area (Å²) >= 11 is 6.26. The van der Waals surface area contributed by atoms with Crippen molar-refractivity contribution in [3.05, 3.63) is 45.0 Å². The van der Waals surface area contributed by atoms with Crippen LogP contribution in [0, 0.1) is 12.3 Å². The minimum absolute atomic E-state index is 0.205. The van der Waals surface area contributed by atoms with E-state index in [4.69, 9.17) is 21.1 Å². The molecular weight excluding hydrogens is 460 g/mol. The van der Waals surface area contributed by atoms with Crippen LogP contribution in [-0.2, 0) is 4.74 Å². The highest BCUT2D eigenvalue weighted by Gasteiger charge is 2.43. The van der Waals surface area contributed by atoms with Crippen molar-refractivity contribution in [2.75, 3.05) is 23.9 Å². The quantitative estimate of drug-likeness (QED) is 0.549. The second kappa shape index (κ2) is 8.75. The summed E-state index contributed by atoms with van der Waals surface area (Å²) in [5.74, 6) is 1.36. The third-order valence-electron chi connectivity index (χ3n) is 5.78. The molecule has 0 bridgehead atoms. The molecule has 3 heterocycles. The molecule has 0 spiro atoms. The van der Waals surface area contributed by atoms with Gasteiger partial charge in [0.05, 0.1) is 29.7 Å². The number of pyridine rings is 1. The number of H-pyrrole nitrogens is 1. The van der Waals surface area contributed by atoms with Crippen molar-refractivity contribution in [2.45, 2.75) is 46.7 Å². The number of halogens is 1. The number of carbonyl (C=O) groups is 1. The molecule has 0 radical (unpaired) electrons. The Kier molecular flexibility index (Phi) is 6.11. The number of ether oxygens (including phenoxy) is 2. The van der Waals surface area contributed by atoms with E-state index in [1.54, 1.807) is 25.1 Å². The van der Waals surface area contributed by atoms with E-state index in [2.05, 4.69) is 25.3 Å². The summed E-state index contributed by atoms with van der Waals surface area (Å²) in [5, 5.41) is 4.36. The number of cyclic esters (lactones) is 1. The summed E-state index contributed by atoms with van der Waals surface area (Å²) in [7, 11) is 1.52. The highest BCUT2D eigenvalue weighted by atomic mass is 35.5. The van der Waals surface area contributed by atoms with Gasteiger partial charge in [0.1, 0.15) is 18.2 Å². The van der Waals surface area contributed by atoms with Gasteiger partial charge in [0.2, 0.25) is 11.9 Å². The van der Waals surface area contributed by atoms with Gasteiger partial charge in [-0.25, -0.2) is 9.69 Å². The number of hydrogen-bond donors (Lipinski definition) is 2. The first-order valence-corrected chi connectivity index (χ1v) is 11.2. The Bertz CT molecular complexity index is 1320. The molecular formula is C23H27ClN6O4. The average molecular weight is 487 g/mol. The number of amides is 1. The predicted octanol–water partition coefficient (Wildman–Crippen LogP) is 4.23. The number of rotatable bonds is 5. The Morgan fingerprint density at radius 3 is 2.65 bits per heavy atom. The van der Waals surface area contributed by atoms with Crippen LogP contribution >= 0.6 is 11.6 Å². The smallest absolute Gasteiger partial charge is 0.417 e. The van der Waals surface area contributed by atoms with Gasteiger partial charge in [-0.15, -0.1) is 0 Å². The molecule has 1 saturated heterocycles. The maximum Gasteiger partial charge on any atom is 0.417 e. The molecule has 2 aromatic heterocycles. The molecule has 1 aliphatic heterocycles. The number of nitrogens with one attached hydrogen (secondary N) is 2. The van der Waals surface area contributed by atoms with Crippen LogP contribution in [0.15, 0.2) is 23.0 Å². The Labute approximate surface area is 201 Å². The monoisotopic (exact) mass is 486 g/mol. The normalized spacial score (nSPS) is 17.1. The van der Waals surface area contributed by atoms with Crippen molar-refractivity contribution >= 4 is 40.5 Å². The summed E-state index contributed by atoms with van der Waals surface area (Å²) < 4.78 is 10.5. The molecule has 11 heteroatoms. The zero-order valence-corrected chi connectivity index (χ0v) is 20.6. The zero-order chi connectivity index (χ0) is 24.8. The zero-order valence-electron chi connectivity index (χ0n) is 19.9. The molecule has 1 aliphatic rings. The van der Waals surface area contributed by atoms with Gasteiger partial charge >= 0.3 is 6.09 Å². The van der Waals surface area contributed by atoms with E-state index in [0.29, 0.717) is 27.7 Å². The summed E-state index contributed by atoms with van der Waals surface area (Å²) in [6.45, 7) is 9.86. The fourth-order valence-corrected chi connectivity index (χ4v) is 4.14. The fraction of sp³-hybridized carbons (Fsp3) is 0.435. The molecule has 0 aliphatic carbocycles. The molecule has 1 aromatic carbocycles. The average Bonchev–Trinajstić information content (AvgIpc) is 3.14. The van der Waals surface area contributed by atoms with Crippen LogP contribution in [0.1, 0.15) is 45.1 Å². The highest BCUT2D eigenvalue weighted by Crippen LogP contribution is 2.33. The summed E-state index contributed by atoms with van der Waals surface area (Å²) in [4.78, 5) is 42.8. The fourth-order valence-electron chi connectivity index (χ4n) is 3.89. The maximum atomic E-state index is 12.8.